The molecule has 30 heavy (non-hydrogen) atoms. The third kappa shape index (κ3) is 4.84. The summed E-state index contributed by atoms with van der Waals surface area (Å²) in [7, 11) is -3.37. The highest BCUT2D eigenvalue weighted by molar-refractivity contribution is 7.88. The molecule has 0 radical (unpaired) electrons. The van der Waals surface area contributed by atoms with Crippen molar-refractivity contribution in [1.29, 1.82) is 0 Å². The molecule has 1 N–H and O–H groups in total. The van der Waals surface area contributed by atoms with Gasteiger partial charge in [-0.05, 0) is 42.9 Å². The van der Waals surface area contributed by atoms with Crippen molar-refractivity contribution in [2.45, 2.75) is 44.2 Å². The van der Waals surface area contributed by atoms with E-state index in [0.29, 0.717) is 32.4 Å². The van der Waals surface area contributed by atoms with Gasteiger partial charge in [0.15, 0.2) is 0 Å². The fraction of sp³-hybridized carbons (Fsp3) is 0.435. The molecular formula is C23H28N2O4S. The Kier molecular flexibility index (Phi) is 6.11. The summed E-state index contributed by atoms with van der Waals surface area (Å²) in [4.78, 5) is 14.9. The smallest absolute Gasteiger partial charge is 0.223 e. The van der Waals surface area contributed by atoms with Gasteiger partial charge in [0, 0.05) is 24.6 Å². The van der Waals surface area contributed by atoms with Crippen molar-refractivity contribution in [2.24, 2.45) is 0 Å². The van der Waals surface area contributed by atoms with Gasteiger partial charge in [-0.1, -0.05) is 42.5 Å². The lowest BCUT2D eigenvalue weighted by Crippen LogP contribution is -2.57. The molecule has 0 aliphatic carbocycles. The second-order valence-electron chi connectivity index (χ2n) is 8.15. The van der Waals surface area contributed by atoms with Crippen LogP contribution in [0.1, 0.15) is 31.2 Å². The van der Waals surface area contributed by atoms with Gasteiger partial charge in [0.25, 0.3) is 0 Å². The molecule has 6 nitrogen and oxygen atoms in total. The van der Waals surface area contributed by atoms with Crippen LogP contribution >= 0.6 is 0 Å². The minimum Gasteiger partial charge on any atom is -0.493 e. The molecule has 2 heterocycles. The van der Waals surface area contributed by atoms with Crippen LogP contribution in [-0.4, -0.2) is 50.7 Å². The molecule has 2 atom stereocenters. The Bertz CT molecular complexity index is 1020. The quantitative estimate of drug-likeness (QED) is 0.798. The maximum atomic E-state index is 13.0. The summed E-state index contributed by atoms with van der Waals surface area (Å²) >= 11 is 0. The van der Waals surface area contributed by atoms with Gasteiger partial charge >= 0.3 is 0 Å². The Morgan fingerprint density at radius 1 is 1.10 bits per heavy atom. The highest BCUT2D eigenvalue weighted by atomic mass is 32.2. The van der Waals surface area contributed by atoms with Gasteiger partial charge in [0.05, 0.1) is 18.9 Å². The molecule has 0 unspecified atom stereocenters. The number of sulfonamides is 1. The SMILES string of the molecule is CS(=O)(=O)N[C@H]1CCCN2C(=O)CCCOc3ccccc3-c3cccc(c3)C[C@@H]12. The number of ether oxygens (including phenoxy) is 1. The number of para-hydroxylation sites is 1. The summed E-state index contributed by atoms with van der Waals surface area (Å²) in [6.07, 6.45) is 4.32. The first-order valence-corrected chi connectivity index (χ1v) is 12.4. The molecule has 2 aliphatic heterocycles. The van der Waals surface area contributed by atoms with Gasteiger partial charge in [-0.25, -0.2) is 13.1 Å². The Labute approximate surface area is 178 Å². The van der Waals surface area contributed by atoms with Crippen LogP contribution < -0.4 is 9.46 Å². The minimum atomic E-state index is -3.37. The predicted octanol–water partition coefficient (Wildman–Crippen LogP) is 2.98. The van der Waals surface area contributed by atoms with E-state index in [1.165, 1.54) is 6.26 Å². The third-order valence-corrected chi connectivity index (χ3v) is 6.56. The number of piperidine rings is 1. The topological polar surface area (TPSA) is 75.7 Å². The number of hydrogen-bond acceptors (Lipinski definition) is 4. The first-order valence-electron chi connectivity index (χ1n) is 10.5. The van der Waals surface area contributed by atoms with Crippen LogP contribution in [0.3, 0.4) is 0 Å². The lowest BCUT2D eigenvalue weighted by molar-refractivity contribution is -0.135. The molecule has 2 aliphatic rings. The van der Waals surface area contributed by atoms with Crippen molar-refractivity contribution in [2.75, 3.05) is 19.4 Å². The Morgan fingerprint density at radius 2 is 1.93 bits per heavy atom. The average Bonchev–Trinajstić information content (AvgIpc) is 2.72. The summed E-state index contributed by atoms with van der Waals surface area (Å²) in [5.41, 5.74) is 3.16. The first-order chi connectivity index (χ1) is 14.4. The Balaban J connectivity index is 1.73. The Morgan fingerprint density at radius 3 is 2.77 bits per heavy atom. The van der Waals surface area contributed by atoms with Crippen LogP contribution in [0.5, 0.6) is 5.75 Å². The monoisotopic (exact) mass is 428 g/mol. The van der Waals surface area contributed by atoms with E-state index in [1.807, 2.05) is 41.3 Å². The van der Waals surface area contributed by atoms with Gasteiger partial charge < -0.3 is 9.64 Å². The van der Waals surface area contributed by atoms with E-state index < -0.39 is 10.0 Å². The predicted molar refractivity (Wildman–Crippen MR) is 117 cm³/mol. The highest BCUT2D eigenvalue weighted by Crippen LogP contribution is 2.32. The normalized spacial score (nSPS) is 22.6. The molecule has 160 valence electrons. The third-order valence-electron chi connectivity index (χ3n) is 5.83. The van der Waals surface area contributed by atoms with Crippen LogP contribution in [-0.2, 0) is 21.2 Å². The largest absolute Gasteiger partial charge is 0.493 e. The van der Waals surface area contributed by atoms with Crippen LogP contribution in [0.2, 0.25) is 0 Å². The van der Waals surface area contributed by atoms with Gasteiger partial charge in [0.2, 0.25) is 15.9 Å². The minimum absolute atomic E-state index is 0.0623. The molecule has 0 saturated carbocycles. The number of nitrogens with one attached hydrogen (secondary N) is 1. The number of nitrogens with zero attached hydrogens (tertiary/aromatic N) is 1. The number of carbonyl (C=O) groups is 1. The molecule has 0 aromatic heterocycles. The van der Waals surface area contributed by atoms with E-state index >= 15 is 0 Å². The Hall–Kier alpha value is -2.38. The standard InChI is InChI=1S/C23H28N2O4S/c1-30(27,28)24-20-10-5-13-25-21(20)16-17-7-4-8-18(15-17)19-9-2-3-11-22(19)29-14-6-12-23(25)26/h2-4,7-9,11,15,20-21,24H,5-6,10,12-14,16H2,1H3/t20-,21-/m0/s1. The van der Waals surface area contributed by atoms with Crippen molar-refractivity contribution in [1.82, 2.24) is 9.62 Å². The summed E-state index contributed by atoms with van der Waals surface area (Å²) in [6, 6.07) is 15.7. The molecule has 7 heteroatoms. The molecular weight excluding hydrogens is 400 g/mol. The fourth-order valence-corrected chi connectivity index (χ4v) is 5.34. The van der Waals surface area contributed by atoms with Crippen molar-refractivity contribution in [3.63, 3.8) is 0 Å². The molecule has 1 fully saturated rings. The van der Waals surface area contributed by atoms with E-state index in [2.05, 4.69) is 16.9 Å². The zero-order valence-electron chi connectivity index (χ0n) is 17.2. The van der Waals surface area contributed by atoms with Gasteiger partial charge in [-0.15, -0.1) is 0 Å². The van der Waals surface area contributed by atoms with Gasteiger partial charge in [-0.3, -0.25) is 4.79 Å². The van der Waals surface area contributed by atoms with E-state index in [0.717, 1.165) is 35.3 Å². The maximum absolute atomic E-state index is 13.0. The molecule has 2 bridgehead atoms. The molecule has 2 aromatic rings. The molecule has 0 spiro atoms. The number of amides is 1. The first kappa shape index (κ1) is 20.9. The van der Waals surface area contributed by atoms with E-state index in [1.54, 1.807) is 0 Å². The number of carbonyl (C=O) groups excluding carboxylic acids is 1. The zero-order chi connectivity index (χ0) is 21.1. The summed E-state index contributed by atoms with van der Waals surface area (Å²) in [6.45, 7) is 1.12. The summed E-state index contributed by atoms with van der Waals surface area (Å²) in [5.74, 6) is 0.878. The lowest BCUT2D eigenvalue weighted by Gasteiger charge is -2.41. The van der Waals surface area contributed by atoms with Crippen LogP contribution in [0.25, 0.3) is 11.1 Å². The second-order valence-corrected chi connectivity index (χ2v) is 9.93. The fourth-order valence-electron chi connectivity index (χ4n) is 4.52. The zero-order valence-corrected chi connectivity index (χ0v) is 18.0. The second kappa shape index (κ2) is 8.78. The maximum Gasteiger partial charge on any atom is 0.223 e. The van der Waals surface area contributed by atoms with Gasteiger partial charge in [0.1, 0.15) is 5.75 Å². The molecule has 1 saturated heterocycles. The summed E-state index contributed by atoms with van der Waals surface area (Å²) in [5, 5.41) is 0. The van der Waals surface area contributed by atoms with Gasteiger partial charge in [-0.2, -0.15) is 0 Å². The van der Waals surface area contributed by atoms with Crippen molar-refractivity contribution in [3.05, 3.63) is 54.1 Å². The van der Waals surface area contributed by atoms with Crippen molar-refractivity contribution < 1.29 is 17.9 Å². The molecule has 1 amide bonds. The summed E-state index contributed by atoms with van der Waals surface area (Å²) < 4.78 is 32.7. The van der Waals surface area contributed by atoms with Crippen molar-refractivity contribution in [3.8, 4) is 16.9 Å². The molecule has 4 rings (SSSR count). The van der Waals surface area contributed by atoms with Crippen LogP contribution in [0, 0.1) is 0 Å². The van der Waals surface area contributed by atoms with E-state index in [-0.39, 0.29) is 18.0 Å². The number of hydrogen-bond donors (Lipinski definition) is 1. The molecule has 2 aromatic carbocycles. The lowest BCUT2D eigenvalue weighted by atomic mass is 9.90. The van der Waals surface area contributed by atoms with Crippen LogP contribution in [0.4, 0.5) is 0 Å². The number of fused-ring (bicyclic) bond motifs is 5. The van der Waals surface area contributed by atoms with Crippen molar-refractivity contribution >= 4 is 15.9 Å². The highest BCUT2D eigenvalue weighted by Gasteiger charge is 2.35. The number of benzene rings is 2. The average molecular weight is 429 g/mol. The number of rotatable bonds is 2. The van der Waals surface area contributed by atoms with E-state index in [9.17, 15) is 13.2 Å². The van der Waals surface area contributed by atoms with E-state index in [4.69, 9.17) is 4.74 Å². The van der Waals surface area contributed by atoms with Crippen LogP contribution in [0.15, 0.2) is 48.5 Å².